The number of ether oxygens (including phenoxy) is 2. The van der Waals surface area contributed by atoms with Gasteiger partial charge in [0.1, 0.15) is 17.7 Å². The summed E-state index contributed by atoms with van der Waals surface area (Å²) in [6, 6.07) is 29.9. The van der Waals surface area contributed by atoms with E-state index in [2.05, 4.69) is 75.9 Å². The highest BCUT2D eigenvalue weighted by Gasteiger charge is 2.38. The number of aromatic amines is 2. The summed E-state index contributed by atoms with van der Waals surface area (Å²) in [6.45, 7) is 5.09. The predicted molar refractivity (Wildman–Crippen MR) is 222 cm³/mol. The molecule has 0 bridgehead atoms. The van der Waals surface area contributed by atoms with Crippen LogP contribution in [0.1, 0.15) is 74.9 Å². The number of hydrogen-bond donors (Lipinski definition) is 3. The molecule has 8 rings (SSSR count). The SMILES string of the molecule is COC(=O)N[C@H](C(=O)N1CCC[C@H]1c1ncc(-c2ccc3cc(-c4ccc(-c5cnc([C@@H]6CCCN6C(=O)[C@H](OC)c6ccccc6)[nH]5)cc4)ccc3c2)[nH]1)C(C)C. The highest BCUT2D eigenvalue weighted by Crippen LogP contribution is 2.36. The molecular weight excluding hydrogens is 731 g/mol. The second kappa shape index (κ2) is 16.7. The number of fused-ring (bicyclic) bond motifs is 1. The number of carbonyl (C=O) groups excluding carboxylic acids is 3. The molecular formula is C46H49N7O5. The van der Waals surface area contributed by atoms with Gasteiger partial charge in [-0.3, -0.25) is 9.59 Å². The lowest BCUT2D eigenvalue weighted by Gasteiger charge is -2.30. The molecule has 298 valence electrons. The minimum atomic E-state index is -0.682. The fraction of sp³-hybridized carbons (Fsp3) is 0.326. The molecule has 4 aromatic carbocycles. The summed E-state index contributed by atoms with van der Waals surface area (Å²) >= 11 is 0. The van der Waals surface area contributed by atoms with Crippen LogP contribution in [0.2, 0.25) is 0 Å². The number of methoxy groups -OCH3 is 2. The Kier molecular flexibility index (Phi) is 11.1. The fourth-order valence-electron chi connectivity index (χ4n) is 8.41. The lowest BCUT2D eigenvalue weighted by molar-refractivity contribution is -0.143. The first-order valence-corrected chi connectivity index (χ1v) is 20.0. The molecule has 3 amide bonds. The van der Waals surface area contributed by atoms with Crippen molar-refractivity contribution >= 4 is 28.7 Å². The molecule has 6 aromatic rings. The quantitative estimate of drug-likeness (QED) is 0.120. The van der Waals surface area contributed by atoms with Crippen LogP contribution >= 0.6 is 0 Å². The standard InChI is InChI=1S/C46H49N7O5/c1-28(2)40(51-46(56)58-4)44(54)52-22-8-12-38(52)42-48-27-37(50-42)35-21-20-33-24-32(18-19-34(33)25-35)29-14-16-30(17-15-29)36-26-47-43(49-36)39-13-9-23-53(39)45(55)41(57-3)31-10-6-5-7-11-31/h5-7,10-11,14-21,24-28,38-41H,8-9,12-13,22-23H2,1-4H3,(H,47,49)(H,48,50)(H,51,56)/t38-,39-,40-,41+/m0/s1. The minimum Gasteiger partial charge on any atom is -0.453 e. The van der Waals surface area contributed by atoms with Crippen molar-refractivity contribution in [2.24, 2.45) is 5.92 Å². The van der Waals surface area contributed by atoms with E-state index in [0.717, 1.165) is 87.3 Å². The van der Waals surface area contributed by atoms with E-state index >= 15 is 0 Å². The van der Waals surface area contributed by atoms with Crippen molar-refractivity contribution in [3.63, 3.8) is 0 Å². The number of nitrogens with one attached hydrogen (secondary N) is 3. The maximum absolute atomic E-state index is 13.6. The van der Waals surface area contributed by atoms with Crippen molar-refractivity contribution in [1.82, 2.24) is 35.1 Å². The summed E-state index contributed by atoms with van der Waals surface area (Å²) in [5.41, 5.74) is 6.86. The summed E-state index contributed by atoms with van der Waals surface area (Å²) in [5.74, 6) is 1.25. The number of nitrogens with zero attached hydrogens (tertiary/aromatic N) is 4. The highest BCUT2D eigenvalue weighted by molar-refractivity contribution is 5.91. The molecule has 0 unspecified atom stereocenters. The Morgan fingerprint density at radius 3 is 1.81 bits per heavy atom. The molecule has 0 aliphatic carbocycles. The third-order valence-electron chi connectivity index (χ3n) is 11.5. The average molecular weight is 780 g/mol. The first-order valence-electron chi connectivity index (χ1n) is 20.0. The first-order chi connectivity index (χ1) is 28.2. The average Bonchev–Trinajstić information content (AvgIpc) is 4.10. The van der Waals surface area contributed by atoms with Gasteiger partial charge in [0, 0.05) is 25.8 Å². The Morgan fingerprint density at radius 2 is 1.22 bits per heavy atom. The van der Waals surface area contributed by atoms with Crippen LogP contribution in [-0.4, -0.2) is 81.0 Å². The number of amides is 3. The normalized spacial score (nSPS) is 17.8. The van der Waals surface area contributed by atoms with Crippen molar-refractivity contribution < 1.29 is 23.9 Å². The van der Waals surface area contributed by atoms with Crippen molar-refractivity contribution in [3.8, 4) is 33.6 Å². The number of imidazole rings is 2. The summed E-state index contributed by atoms with van der Waals surface area (Å²) in [6.07, 6.45) is 5.81. The van der Waals surface area contributed by atoms with E-state index in [1.165, 1.54) is 7.11 Å². The number of benzene rings is 4. The second-order valence-corrected chi connectivity index (χ2v) is 15.5. The molecule has 2 aliphatic rings. The monoisotopic (exact) mass is 779 g/mol. The van der Waals surface area contributed by atoms with Gasteiger partial charge in [0.05, 0.1) is 43.0 Å². The van der Waals surface area contributed by atoms with Crippen LogP contribution < -0.4 is 5.32 Å². The molecule has 58 heavy (non-hydrogen) atoms. The molecule has 2 aromatic heterocycles. The van der Waals surface area contributed by atoms with Crippen LogP contribution in [0.4, 0.5) is 4.79 Å². The smallest absolute Gasteiger partial charge is 0.407 e. The molecule has 12 heteroatoms. The third kappa shape index (κ3) is 7.71. The molecule has 4 heterocycles. The second-order valence-electron chi connectivity index (χ2n) is 15.5. The number of aromatic nitrogens is 4. The van der Waals surface area contributed by atoms with E-state index in [-0.39, 0.29) is 29.8 Å². The zero-order chi connectivity index (χ0) is 40.3. The van der Waals surface area contributed by atoms with Gasteiger partial charge in [-0.15, -0.1) is 0 Å². The van der Waals surface area contributed by atoms with E-state index in [0.29, 0.717) is 13.1 Å². The van der Waals surface area contributed by atoms with Gasteiger partial charge < -0.3 is 34.6 Å². The van der Waals surface area contributed by atoms with Crippen molar-refractivity contribution in [3.05, 3.63) is 121 Å². The van der Waals surface area contributed by atoms with E-state index in [1.54, 1.807) is 7.11 Å². The maximum Gasteiger partial charge on any atom is 0.407 e. The molecule has 2 saturated heterocycles. The predicted octanol–water partition coefficient (Wildman–Crippen LogP) is 8.38. The van der Waals surface area contributed by atoms with Crippen LogP contribution in [0.15, 0.2) is 103 Å². The molecule has 3 N–H and O–H groups in total. The minimum absolute atomic E-state index is 0.0468. The number of likely N-dealkylation sites (tertiary alicyclic amines) is 2. The van der Waals surface area contributed by atoms with Gasteiger partial charge in [0.2, 0.25) is 5.91 Å². The fourth-order valence-corrected chi connectivity index (χ4v) is 8.41. The zero-order valence-electron chi connectivity index (χ0n) is 33.3. The van der Waals surface area contributed by atoms with Crippen LogP contribution in [0.3, 0.4) is 0 Å². The number of rotatable bonds is 11. The Labute approximate surface area is 338 Å². The Bertz CT molecular complexity index is 2410. The maximum atomic E-state index is 13.6. The van der Waals surface area contributed by atoms with E-state index in [9.17, 15) is 14.4 Å². The van der Waals surface area contributed by atoms with Crippen LogP contribution in [-0.2, 0) is 19.1 Å². The molecule has 2 aliphatic heterocycles. The highest BCUT2D eigenvalue weighted by atomic mass is 16.5. The topological polar surface area (TPSA) is 146 Å². The summed E-state index contributed by atoms with van der Waals surface area (Å²) < 4.78 is 10.4. The van der Waals surface area contributed by atoms with Gasteiger partial charge in [-0.2, -0.15) is 0 Å². The Morgan fingerprint density at radius 1 is 0.690 bits per heavy atom. The van der Waals surface area contributed by atoms with Gasteiger partial charge in [0.25, 0.3) is 5.91 Å². The number of alkyl carbamates (subject to hydrolysis) is 1. The third-order valence-corrected chi connectivity index (χ3v) is 11.5. The summed E-state index contributed by atoms with van der Waals surface area (Å²) in [7, 11) is 2.88. The van der Waals surface area contributed by atoms with Crippen molar-refractivity contribution in [2.75, 3.05) is 27.3 Å². The summed E-state index contributed by atoms with van der Waals surface area (Å²) in [5, 5.41) is 4.93. The number of carbonyl (C=O) groups is 3. The molecule has 0 radical (unpaired) electrons. The van der Waals surface area contributed by atoms with Crippen LogP contribution in [0.25, 0.3) is 44.4 Å². The van der Waals surface area contributed by atoms with E-state index in [4.69, 9.17) is 19.4 Å². The van der Waals surface area contributed by atoms with Gasteiger partial charge in [-0.05, 0) is 76.8 Å². The molecule has 2 fully saturated rings. The lowest BCUT2D eigenvalue weighted by Crippen LogP contribution is -2.51. The molecule has 0 spiro atoms. The van der Waals surface area contributed by atoms with E-state index < -0.39 is 18.2 Å². The van der Waals surface area contributed by atoms with Gasteiger partial charge in [-0.25, -0.2) is 14.8 Å². The zero-order valence-corrected chi connectivity index (χ0v) is 33.3. The lowest BCUT2D eigenvalue weighted by atomic mass is 9.98. The van der Waals surface area contributed by atoms with Gasteiger partial charge in [0.15, 0.2) is 6.10 Å². The largest absolute Gasteiger partial charge is 0.453 e. The van der Waals surface area contributed by atoms with Gasteiger partial charge in [-0.1, -0.05) is 92.7 Å². The van der Waals surface area contributed by atoms with Crippen LogP contribution in [0, 0.1) is 5.92 Å². The van der Waals surface area contributed by atoms with Crippen molar-refractivity contribution in [1.29, 1.82) is 0 Å². The van der Waals surface area contributed by atoms with Crippen molar-refractivity contribution in [2.45, 2.75) is 63.8 Å². The van der Waals surface area contributed by atoms with Crippen LogP contribution in [0.5, 0.6) is 0 Å². The summed E-state index contributed by atoms with van der Waals surface area (Å²) in [4.78, 5) is 59.4. The number of hydrogen-bond acceptors (Lipinski definition) is 7. The molecule has 4 atom stereocenters. The number of H-pyrrole nitrogens is 2. The molecule has 0 saturated carbocycles. The Hall–Kier alpha value is -6.27. The Balaban J connectivity index is 0.941. The first kappa shape index (κ1) is 38.6. The van der Waals surface area contributed by atoms with Gasteiger partial charge >= 0.3 is 6.09 Å². The van der Waals surface area contributed by atoms with E-state index in [1.807, 2.05) is 66.4 Å². The molecule has 12 nitrogen and oxygen atoms in total.